The average Bonchev–Trinajstić information content (AvgIpc) is 2.87. The zero-order valence-corrected chi connectivity index (χ0v) is 9.17. The summed E-state index contributed by atoms with van der Waals surface area (Å²) in [6.07, 6.45) is 3.81. The van der Waals surface area contributed by atoms with Crippen LogP contribution in [0.1, 0.15) is 26.2 Å². The van der Waals surface area contributed by atoms with E-state index in [1.165, 1.54) is 38.9 Å². The van der Waals surface area contributed by atoms with Gasteiger partial charge in [-0.25, -0.2) is 0 Å². The maximum Gasteiger partial charge on any atom is 0.0622 e. The lowest BCUT2D eigenvalue weighted by Gasteiger charge is -2.32. The molecule has 0 aromatic carbocycles. The lowest BCUT2D eigenvalue weighted by atomic mass is 10.1. The molecule has 2 rings (SSSR count). The first-order valence-electron chi connectivity index (χ1n) is 5.96. The molecule has 0 aromatic rings. The monoisotopic (exact) mass is 198 g/mol. The van der Waals surface area contributed by atoms with E-state index in [0.29, 0.717) is 6.04 Å². The first kappa shape index (κ1) is 10.4. The topological polar surface area (TPSA) is 24.5 Å². The zero-order chi connectivity index (χ0) is 9.80. The maximum absolute atomic E-state index is 5.48. The normalized spacial score (nSPS) is 33.0. The van der Waals surface area contributed by atoms with Crippen LogP contribution in [-0.2, 0) is 4.74 Å². The third-order valence-electron chi connectivity index (χ3n) is 3.36. The molecule has 0 spiro atoms. The van der Waals surface area contributed by atoms with Gasteiger partial charge in [-0.15, -0.1) is 0 Å². The van der Waals surface area contributed by atoms with Crippen molar-refractivity contribution in [3.8, 4) is 0 Å². The van der Waals surface area contributed by atoms with Gasteiger partial charge in [-0.3, -0.25) is 4.90 Å². The largest absolute Gasteiger partial charge is 0.380 e. The van der Waals surface area contributed by atoms with E-state index in [9.17, 15) is 0 Å². The number of hydrogen-bond donors (Lipinski definition) is 1. The molecule has 0 radical (unpaired) electrons. The Hall–Kier alpha value is -0.120. The predicted octanol–water partition coefficient (Wildman–Crippen LogP) is 0.849. The van der Waals surface area contributed by atoms with Gasteiger partial charge in [0.2, 0.25) is 0 Å². The standard InChI is InChI=1S/C11H22N2O/c1-2-6-13(10-3-5-12-8-10)11-4-7-14-9-11/h10-12H,2-9H2,1H3. The number of ether oxygens (including phenoxy) is 1. The van der Waals surface area contributed by atoms with Gasteiger partial charge in [-0.1, -0.05) is 6.92 Å². The van der Waals surface area contributed by atoms with Crippen LogP contribution < -0.4 is 5.32 Å². The van der Waals surface area contributed by atoms with Crippen LogP contribution in [0.3, 0.4) is 0 Å². The van der Waals surface area contributed by atoms with E-state index in [-0.39, 0.29) is 0 Å². The second-order valence-electron chi connectivity index (χ2n) is 4.40. The van der Waals surface area contributed by atoms with Crippen molar-refractivity contribution < 1.29 is 4.74 Å². The third kappa shape index (κ3) is 2.27. The van der Waals surface area contributed by atoms with Crippen LogP contribution in [0.2, 0.25) is 0 Å². The van der Waals surface area contributed by atoms with Gasteiger partial charge in [0.15, 0.2) is 0 Å². The Bertz CT molecular complexity index is 147. The summed E-state index contributed by atoms with van der Waals surface area (Å²) in [4.78, 5) is 2.67. The van der Waals surface area contributed by atoms with Crippen LogP contribution in [0.25, 0.3) is 0 Å². The van der Waals surface area contributed by atoms with Crippen LogP contribution in [0.15, 0.2) is 0 Å². The summed E-state index contributed by atoms with van der Waals surface area (Å²) >= 11 is 0. The highest BCUT2D eigenvalue weighted by molar-refractivity contribution is 4.86. The molecule has 0 aromatic heterocycles. The molecule has 0 amide bonds. The second-order valence-corrected chi connectivity index (χ2v) is 4.40. The van der Waals surface area contributed by atoms with Crippen molar-refractivity contribution in [3.05, 3.63) is 0 Å². The number of nitrogens with one attached hydrogen (secondary N) is 1. The first-order chi connectivity index (χ1) is 6.92. The molecule has 2 unspecified atom stereocenters. The smallest absolute Gasteiger partial charge is 0.0622 e. The first-order valence-corrected chi connectivity index (χ1v) is 5.96. The summed E-state index contributed by atoms with van der Waals surface area (Å²) in [5.74, 6) is 0. The molecular weight excluding hydrogens is 176 g/mol. The molecule has 0 aliphatic carbocycles. The Morgan fingerprint density at radius 1 is 1.36 bits per heavy atom. The Morgan fingerprint density at radius 2 is 2.29 bits per heavy atom. The summed E-state index contributed by atoms with van der Waals surface area (Å²) in [5.41, 5.74) is 0. The summed E-state index contributed by atoms with van der Waals surface area (Å²) in [6, 6.07) is 1.46. The molecule has 2 atom stereocenters. The Morgan fingerprint density at radius 3 is 2.86 bits per heavy atom. The highest BCUT2D eigenvalue weighted by Gasteiger charge is 2.30. The Kier molecular flexibility index (Phi) is 3.79. The van der Waals surface area contributed by atoms with E-state index in [1.807, 2.05) is 0 Å². The van der Waals surface area contributed by atoms with Crippen molar-refractivity contribution in [2.24, 2.45) is 0 Å². The van der Waals surface area contributed by atoms with E-state index in [2.05, 4.69) is 17.1 Å². The molecule has 2 aliphatic rings. The molecule has 14 heavy (non-hydrogen) atoms. The number of hydrogen-bond acceptors (Lipinski definition) is 3. The van der Waals surface area contributed by atoms with Crippen molar-refractivity contribution in [2.75, 3.05) is 32.8 Å². The molecule has 0 saturated carbocycles. The van der Waals surface area contributed by atoms with Crippen LogP contribution in [0.4, 0.5) is 0 Å². The van der Waals surface area contributed by atoms with E-state index in [0.717, 1.165) is 19.3 Å². The maximum atomic E-state index is 5.48. The molecule has 2 fully saturated rings. The molecule has 2 heterocycles. The Balaban J connectivity index is 1.91. The van der Waals surface area contributed by atoms with E-state index >= 15 is 0 Å². The van der Waals surface area contributed by atoms with Crippen molar-refractivity contribution in [1.29, 1.82) is 0 Å². The number of nitrogens with zero attached hydrogens (tertiary/aromatic N) is 1. The molecule has 1 N–H and O–H groups in total. The van der Waals surface area contributed by atoms with Gasteiger partial charge in [0.05, 0.1) is 6.61 Å². The lowest BCUT2D eigenvalue weighted by molar-refractivity contribution is 0.114. The molecule has 2 aliphatic heterocycles. The van der Waals surface area contributed by atoms with Gasteiger partial charge in [0, 0.05) is 25.2 Å². The van der Waals surface area contributed by atoms with Gasteiger partial charge in [-0.05, 0) is 32.4 Å². The van der Waals surface area contributed by atoms with Crippen molar-refractivity contribution >= 4 is 0 Å². The number of rotatable bonds is 4. The van der Waals surface area contributed by atoms with E-state index in [1.54, 1.807) is 0 Å². The van der Waals surface area contributed by atoms with Gasteiger partial charge in [0.1, 0.15) is 0 Å². The molecule has 2 saturated heterocycles. The molecule has 3 nitrogen and oxygen atoms in total. The van der Waals surface area contributed by atoms with Crippen LogP contribution >= 0.6 is 0 Å². The van der Waals surface area contributed by atoms with Gasteiger partial charge < -0.3 is 10.1 Å². The minimum absolute atomic E-state index is 0.694. The summed E-state index contributed by atoms with van der Waals surface area (Å²) in [6.45, 7) is 7.79. The molecule has 0 bridgehead atoms. The summed E-state index contributed by atoms with van der Waals surface area (Å²) < 4.78 is 5.48. The molecular formula is C11H22N2O. The van der Waals surface area contributed by atoms with Gasteiger partial charge in [0.25, 0.3) is 0 Å². The zero-order valence-electron chi connectivity index (χ0n) is 9.17. The minimum atomic E-state index is 0.694. The highest BCUT2D eigenvalue weighted by atomic mass is 16.5. The van der Waals surface area contributed by atoms with Crippen LogP contribution in [0.5, 0.6) is 0 Å². The minimum Gasteiger partial charge on any atom is -0.380 e. The highest BCUT2D eigenvalue weighted by Crippen LogP contribution is 2.19. The van der Waals surface area contributed by atoms with Crippen molar-refractivity contribution in [1.82, 2.24) is 10.2 Å². The van der Waals surface area contributed by atoms with Gasteiger partial charge in [-0.2, -0.15) is 0 Å². The lowest BCUT2D eigenvalue weighted by Crippen LogP contribution is -2.45. The average molecular weight is 198 g/mol. The van der Waals surface area contributed by atoms with E-state index in [4.69, 9.17) is 4.74 Å². The molecule has 82 valence electrons. The fraction of sp³-hybridized carbons (Fsp3) is 1.00. The fourth-order valence-corrected chi connectivity index (χ4v) is 2.63. The van der Waals surface area contributed by atoms with E-state index < -0.39 is 0 Å². The van der Waals surface area contributed by atoms with Gasteiger partial charge >= 0.3 is 0 Å². The van der Waals surface area contributed by atoms with Crippen LogP contribution in [-0.4, -0.2) is 49.8 Å². The Labute approximate surface area is 86.8 Å². The fourth-order valence-electron chi connectivity index (χ4n) is 2.63. The van der Waals surface area contributed by atoms with Crippen molar-refractivity contribution in [3.63, 3.8) is 0 Å². The third-order valence-corrected chi connectivity index (χ3v) is 3.36. The summed E-state index contributed by atoms with van der Waals surface area (Å²) in [5, 5.41) is 3.45. The van der Waals surface area contributed by atoms with Crippen LogP contribution in [0, 0.1) is 0 Å². The predicted molar refractivity (Wildman–Crippen MR) is 57.5 cm³/mol. The SMILES string of the molecule is CCCN(C1CCNC1)C1CCOC1. The molecule has 3 heteroatoms. The van der Waals surface area contributed by atoms with Crippen molar-refractivity contribution in [2.45, 2.75) is 38.3 Å². The quantitative estimate of drug-likeness (QED) is 0.725. The second kappa shape index (κ2) is 5.10. The summed E-state index contributed by atoms with van der Waals surface area (Å²) in [7, 11) is 0.